The number of hydrogen-bond acceptors (Lipinski definition) is 4. The van der Waals surface area contributed by atoms with Crippen molar-refractivity contribution < 1.29 is 19.1 Å². The van der Waals surface area contributed by atoms with E-state index in [1.54, 1.807) is 44.2 Å². The van der Waals surface area contributed by atoms with Crippen LogP contribution in [0, 0.1) is 0 Å². The zero-order chi connectivity index (χ0) is 26.0. The number of amides is 3. The Morgan fingerprint density at radius 3 is 1.95 bits per heavy atom. The van der Waals surface area contributed by atoms with E-state index in [4.69, 9.17) is 21.1 Å². The average molecular weight is 513 g/mol. The van der Waals surface area contributed by atoms with Crippen LogP contribution in [-0.2, 0) is 11.3 Å². The molecule has 0 spiro atoms. The summed E-state index contributed by atoms with van der Waals surface area (Å²) in [5.74, 6) is 1.84. The van der Waals surface area contributed by atoms with Crippen LogP contribution in [0.15, 0.2) is 103 Å². The van der Waals surface area contributed by atoms with Crippen molar-refractivity contribution in [2.75, 3.05) is 4.90 Å². The van der Waals surface area contributed by atoms with Gasteiger partial charge in [-0.1, -0.05) is 66.2 Å². The van der Waals surface area contributed by atoms with Gasteiger partial charge in [-0.15, -0.1) is 0 Å². The fourth-order valence-corrected chi connectivity index (χ4v) is 4.37. The molecule has 6 nitrogen and oxygen atoms in total. The number of nitrogens with zero attached hydrogens (tertiary/aromatic N) is 2. The first-order valence-corrected chi connectivity index (χ1v) is 12.2. The molecule has 1 aliphatic rings. The SMILES string of the molecule is CC1(C)C(=O)N(c2cc(Cl)ccc2Oc2ccccc2)C(=O)N1Cc1ccccc1Oc1ccccc1. The van der Waals surface area contributed by atoms with E-state index in [1.807, 2.05) is 72.8 Å². The minimum atomic E-state index is -1.12. The second-order valence-corrected chi connectivity index (χ2v) is 9.55. The minimum Gasteiger partial charge on any atom is -0.457 e. The van der Waals surface area contributed by atoms with E-state index in [1.165, 1.54) is 4.90 Å². The van der Waals surface area contributed by atoms with Crippen molar-refractivity contribution >= 4 is 29.2 Å². The van der Waals surface area contributed by atoms with Crippen molar-refractivity contribution in [1.29, 1.82) is 0 Å². The number of urea groups is 1. The van der Waals surface area contributed by atoms with E-state index in [2.05, 4.69) is 0 Å². The van der Waals surface area contributed by atoms with Crippen LogP contribution in [0.1, 0.15) is 19.4 Å². The van der Waals surface area contributed by atoms with Gasteiger partial charge in [-0.25, -0.2) is 9.69 Å². The number of anilines is 1. The van der Waals surface area contributed by atoms with Crippen LogP contribution < -0.4 is 14.4 Å². The Labute approximate surface area is 220 Å². The standard InChI is InChI=1S/C30H25ClN2O4/c1-30(2)28(34)33(25-19-22(31)17-18-27(25)37-24-14-7-4-8-15-24)29(35)32(30)20-21-11-9-10-16-26(21)36-23-12-5-3-6-13-23/h3-19H,20H2,1-2H3. The molecule has 5 rings (SSSR count). The highest BCUT2D eigenvalue weighted by atomic mass is 35.5. The van der Waals surface area contributed by atoms with Gasteiger partial charge in [0.2, 0.25) is 0 Å². The zero-order valence-electron chi connectivity index (χ0n) is 20.4. The third-order valence-corrected chi connectivity index (χ3v) is 6.46. The third kappa shape index (κ3) is 4.88. The number of imide groups is 1. The number of ether oxygens (including phenoxy) is 2. The quantitative estimate of drug-likeness (QED) is 0.238. The fourth-order valence-electron chi connectivity index (χ4n) is 4.20. The molecule has 3 amide bonds. The van der Waals surface area contributed by atoms with Crippen molar-refractivity contribution in [1.82, 2.24) is 4.90 Å². The minimum absolute atomic E-state index is 0.173. The number of rotatable bonds is 7. The van der Waals surface area contributed by atoms with E-state index < -0.39 is 11.6 Å². The Balaban J connectivity index is 1.48. The monoisotopic (exact) mass is 512 g/mol. The summed E-state index contributed by atoms with van der Waals surface area (Å²) in [5, 5.41) is 0.383. The molecule has 0 aromatic heterocycles. The molecular formula is C30H25ClN2O4. The molecule has 0 radical (unpaired) electrons. The van der Waals surface area contributed by atoms with Crippen molar-refractivity contribution in [3.63, 3.8) is 0 Å². The maximum atomic E-state index is 13.8. The third-order valence-electron chi connectivity index (χ3n) is 6.23. The van der Waals surface area contributed by atoms with Gasteiger partial charge in [0.05, 0.1) is 12.2 Å². The first-order chi connectivity index (χ1) is 17.8. The highest BCUT2D eigenvalue weighted by molar-refractivity contribution is 6.31. The number of carbonyl (C=O) groups is 2. The van der Waals surface area contributed by atoms with Gasteiger partial charge >= 0.3 is 6.03 Å². The van der Waals surface area contributed by atoms with Crippen LogP contribution in [0.4, 0.5) is 10.5 Å². The number of benzene rings is 4. The number of hydrogen-bond donors (Lipinski definition) is 0. The maximum Gasteiger partial charge on any atom is 0.332 e. The van der Waals surface area contributed by atoms with Crippen LogP contribution in [0.5, 0.6) is 23.0 Å². The second-order valence-electron chi connectivity index (χ2n) is 9.12. The predicted octanol–water partition coefficient (Wildman–Crippen LogP) is 7.67. The topological polar surface area (TPSA) is 59.1 Å². The van der Waals surface area contributed by atoms with Gasteiger partial charge in [-0.3, -0.25) is 4.79 Å². The lowest BCUT2D eigenvalue weighted by Gasteiger charge is -2.28. The van der Waals surface area contributed by atoms with Gasteiger partial charge in [0.25, 0.3) is 5.91 Å². The molecule has 186 valence electrons. The maximum absolute atomic E-state index is 13.8. The summed E-state index contributed by atoms with van der Waals surface area (Å²) in [4.78, 5) is 30.2. The molecule has 1 heterocycles. The van der Waals surface area contributed by atoms with Crippen molar-refractivity contribution in [2.45, 2.75) is 25.9 Å². The van der Waals surface area contributed by atoms with Gasteiger partial charge in [-0.2, -0.15) is 0 Å². The van der Waals surface area contributed by atoms with Crippen LogP contribution in [-0.4, -0.2) is 22.4 Å². The van der Waals surface area contributed by atoms with Crippen LogP contribution in [0.2, 0.25) is 5.02 Å². The number of carbonyl (C=O) groups excluding carboxylic acids is 2. The van der Waals surface area contributed by atoms with Crippen molar-refractivity contribution in [3.8, 4) is 23.0 Å². The molecule has 0 unspecified atom stereocenters. The average Bonchev–Trinajstić information content (AvgIpc) is 3.06. The van der Waals surface area contributed by atoms with Crippen LogP contribution in [0.3, 0.4) is 0 Å². The molecule has 1 saturated heterocycles. The molecule has 0 saturated carbocycles. The lowest BCUT2D eigenvalue weighted by molar-refractivity contribution is -0.123. The fraction of sp³-hybridized carbons (Fsp3) is 0.133. The highest BCUT2D eigenvalue weighted by Crippen LogP contribution is 2.41. The Hall–Kier alpha value is -4.29. The Morgan fingerprint density at radius 1 is 0.730 bits per heavy atom. The van der Waals surface area contributed by atoms with E-state index in [9.17, 15) is 9.59 Å². The first-order valence-electron chi connectivity index (χ1n) is 11.8. The first kappa shape index (κ1) is 24.4. The predicted molar refractivity (Wildman–Crippen MR) is 143 cm³/mol. The molecule has 0 atom stereocenters. The molecule has 1 aliphatic heterocycles. The van der Waals surface area contributed by atoms with Crippen LogP contribution >= 0.6 is 11.6 Å². The number of halogens is 1. The van der Waals surface area contributed by atoms with E-state index >= 15 is 0 Å². The summed E-state index contributed by atoms with van der Waals surface area (Å²) in [7, 11) is 0. The summed E-state index contributed by atoms with van der Waals surface area (Å²) >= 11 is 6.29. The summed E-state index contributed by atoms with van der Waals surface area (Å²) in [6.45, 7) is 3.64. The van der Waals surface area contributed by atoms with E-state index in [0.29, 0.717) is 28.0 Å². The van der Waals surface area contributed by atoms with Gasteiger partial charge in [-0.05, 0) is 62.4 Å². The van der Waals surface area contributed by atoms with Crippen molar-refractivity contribution in [2.24, 2.45) is 0 Å². The molecule has 0 aliphatic carbocycles. The summed E-state index contributed by atoms with van der Waals surface area (Å²) in [6.07, 6.45) is 0. The lowest BCUT2D eigenvalue weighted by atomic mass is 10.0. The normalized spacial score (nSPS) is 14.7. The van der Waals surface area contributed by atoms with Gasteiger partial charge in [0.15, 0.2) is 5.75 Å². The Kier molecular flexibility index (Phi) is 6.59. The highest BCUT2D eigenvalue weighted by Gasteiger charge is 2.52. The Morgan fingerprint density at radius 2 is 1.30 bits per heavy atom. The zero-order valence-corrected chi connectivity index (χ0v) is 21.2. The molecule has 0 bridgehead atoms. The van der Waals surface area contributed by atoms with Gasteiger partial charge in [0.1, 0.15) is 22.8 Å². The molecule has 4 aromatic rings. The molecule has 4 aromatic carbocycles. The van der Waals surface area contributed by atoms with Crippen molar-refractivity contribution in [3.05, 3.63) is 114 Å². The molecule has 37 heavy (non-hydrogen) atoms. The van der Waals surface area contributed by atoms with E-state index in [-0.39, 0.29) is 18.1 Å². The largest absolute Gasteiger partial charge is 0.457 e. The summed E-state index contributed by atoms with van der Waals surface area (Å²) < 4.78 is 12.1. The summed E-state index contributed by atoms with van der Waals surface area (Å²) in [6, 6.07) is 30.5. The van der Waals surface area contributed by atoms with Crippen LogP contribution in [0.25, 0.3) is 0 Å². The molecule has 7 heteroatoms. The summed E-state index contributed by atoms with van der Waals surface area (Å²) in [5.41, 5.74) is -0.0615. The van der Waals surface area contributed by atoms with Gasteiger partial charge < -0.3 is 14.4 Å². The second kappa shape index (κ2) is 9.99. The molecular weight excluding hydrogens is 488 g/mol. The molecule has 1 fully saturated rings. The smallest absolute Gasteiger partial charge is 0.332 e. The Bertz CT molecular complexity index is 1440. The molecule has 0 N–H and O–H groups in total. The van der Waals surface area contributed by atoms with E-state index in [0.717, 1.165) is 10.5 Å². The number of para-hydroxylation sites is 3. The lowest BCUT2D eigenvalue weighted by Crippen LogP contribution is -2.43. The van der Waals surface area contributed by atoms with Gasteiger partial charge in [0, 0.05) is 10.6 Å².